The van der Waals surface area contributed by atoms with Crippen molar-refractivity contribution in [2.45, 2.75) is 6.42 Å². The lowest BCUT2D eigenvalue weighted by atomic mass is 10.1. The van der Waals surface area contributed by atoms with Crippen LogP contribution in [0.5, 0.6) is 0 Å². The van der Waals surface area contributed by atoms with Crippen LogP contribution in [-0.4, -0.2) is 16.1 Å². The highest BCUT2D eigenvalue weighted by Crippen LogP contribution is 2.13. The number of carbonyl (C=O) groups excluding carboxylic acids is 1. The van der Waals surface area contributed by atoms with Gasteiger partial charge in [-0.15, -0.1) is 0 Å². The first-order valence-corrected chi connectivity index (χ1v) is 4.99. The highest BCUT2D eigenvalue weighted by molar-refractivity contribution is 5.93. The number of hydrogen-bond donors (Lipinski definition) is 3. The quantitative estimate of drug-likeness (QED) is 0.748. The van der Waals surface area contributed by atoms with E-state index in [1.165, 1.54) is 12.3 Å². The van der Waals surface area contributed by atoms with E-state index in [9.17, 15) is 9.18 Å². The summed E-state index contributed by atoms with van der Waals surface area (Å²) in [6.45, 7) is 0. The van der Waals surface area contributed by atoms with E-state index >= 15 is 0 Å². The number of aromatic amines is 1. The molecule has 0 unspecified atom stereocenters. The molecule has 1 amide bonds. The second kappa shape index (κ2) is 4.65. The van der Waals surface area contributed by atoms with Gasteiger partial charge in [0.15, 0.2) is 5.82 Å². The van der Waals surface area contributed by atoms with Crippen molar-refractivity contribution in [2.24, 2.45) is 0 Å². The van der Waals surface area contributed by atoms with Crippen molar-refractivity contribution in [3.8, 4) is 0 Å². The van der Waals surface area contributed by atoms with Crippen LogP contribution in [-0.2, 0) is 11.2 Å². The number of amides is 1. The van der Waals surface area contributed by atoms with Crippen molar-refractivity contribution in [1.29, 1.82) is 0 Å². The van der Waals surface area contributed by atoms with Gasteiger partial charge in [0.2, 0.25) is 5.91 Å². The lowest BCUT2D eigenvalue weighted by Gasteiger charge is -2.04. The molecule has 0 aliphatic rings. The summed E-state index contributed by atoms with van der Waals surface area (Å²) in [5, 5.41) is 8.71. The lowest BCUT2D eigenvalue weighted by Crippen LogP contribution is -2.16. The SMILES string of the molecule is Nc1cn[nH]c1NC(=O)Cc1ccccc1F. The predicted octanol–water partition coefficient (Wildman–Crippen LogP) is 1.31. The Labute approximate surface area is 96.8 Å². The number of anilines is 2. The number of hydrogen-bond acceptors (Lipinski definition) is 3. The molecule has 17 heavy (non-hydrogen) atoms. The number of nitrogens with zero attached hydrogens (tertiary/aromatic N) is 1. The Bertz CT molecular complexity index is 538. The fourth-order valence-electron chi connectivity index (χ4n) is 1.39. The molecule has 0 spiro atoms. The maximum absolute atomic E-state index is 13.3. The summed E-state index contributed by atoms with van der Waals surface area (Å²) in [6.07, 6.45) is 1.34. The molecule has 0 atom stereocenters. The Kier molecular flexibility index (Phi) is 3.04. The van der Waals surface area contributed by atoms with E-state index in [-0.39, 0.29) is 12.3 Å². The van der Waals surface area contributed by atoms with Gasteiger partial charge in [-0.05, 0) is 11.6 Å². The fraction of sp³-hybridized carbons (Fsp3) is 0.0909. The minimum atomic E-state index is -0.403. The molecule has 88 valence electrons. The summed E-state index contributed by atoms with van der Waals surface area (Å²) >= 11 is 0. The van der Waals surface area contributed by atoms with Crippen LogP contribution in [0.1, 0.15) is 5.56 Å². The number of H-pyrrole nitrogens is 1. The van der Waals surface area contributed by atoms with Gasteiger partial charge < -0.3 is 11.1 Å². The van der Waals surface area contributed by atoms with E-state index in [4.69, 9.17) is 5.73 Å². The predicted molar refractivity (Wildman–Crippen MR) is 61.7 cm³/mol. The maximum atomic E-state index is 13.3. The van der Waals surface area contributed by atoms with Gasteiger partial charge in [-0.25, -0.2) is 4.39 Å². The van der Waals surface area contributed by atoms with E-state index < -0.39 is 5.82 Å². The monoisotopic (exact) mass is 234 g/mol. The van der Waals surface area contributed by atoms with Crippen LogP contribution in [0.15, 0.2) is 30.5 Å². The summed E-state index contributed by atoms with van der Waals surface area (Å²) in [6, 6.07) is 6.12. The topological polar surface area (TPSA) is 83.8 Å². The van der Waals surface area contributed by atoms with Crippen molar-refractivity contribution in [1.82, 2.24) is 10.2 Å². The molecule has 1 heterocycles. The number of aromatic nitrogens is 2. The van der Waals surface area contributed by atoms with Gasteiger partial charge in [0.25, 0.3) is 0 Å². The van der Waals surface area contributed by atoms with Crippen LogP contribution < -0.4 is 11.1 Å². The first-order valence-electron chi connectivity index (χ1n) is 4.99. The summed E-state index contributed by atoms with van der Waals surface area (Å²) in [5.74, 6) is -0.433. The normalized spacial score (nSPS) is 10.2. The Morgan fingerprint density at radius 3 is 2.88 bits per heavy atom. The Morgan fingerprint density at radius 1 is 1.47 bits per heavy atom. The maximum Gasteiger partial charge on any atom is 0.230 e. The van der Waals surface area contributed by atoms with E-state index in [1.807, 2.05) is 0 Å². The van der Waals surface area contributed by atoms with Gasteiger partial charge in [0.1, 0.15) is 5.82 Å². The van der Waals surface area contributed by atoms with Gasteiger partial charge >= 0.3 is 0 Å². The standard InChI is InChI=1S/C11H11FN4O/c12-8-4-2-1-3-7(8)5-10(17)15-11-9(13)6-14-16-11/h1-4,6H,5,13H2,(H2,14,15,16,17). The van der Waals surface area contributed by atoms with Crippen molar-refractivity contribution in [3.05, 3.63) is 41.8 Å². The Balaban J connectivity index is 2.03. The van der Waals surface area contributed by atoms with Crippen molar-refractivity contribution < 1.29 is 9.18 Å². The number of nitrogen functional groups attached to an aromatic ring is 1. The number of carbonyl (C=O) groups is 1. The molecule has 0 saturated heterocycles. The van der Waals surface area contributed by atoms with Gasteiger partial charge in [-0.3, -0.25) is 9.89 Å². The summed E-state index contributed by atoms with van der Waals surface area (Å²) in [4.78, 5) is 11.6. The number of nitrogens with two attached hydrogens (primary N) is 1. The molecular weight excluding hydrogens is 223 g/mol. The third-order valence-corrected chi connectivity index (χ3v) is 2.24. The third kappa shape index (κ3) is 2.60. The fourth-order valence-corrected chi connectivity index (χ4v) is 1.39. The average molecular weight is 234 g/mol. The van der Waals surface area contributed by atoms with Gasteiger partial charge in [-0.2, -0.15) is 5.10 Å². The largest absolute Gasteiger partial charge is 0.394 e. The van der Waals surface area contributed by atoms with Crippen molar-refractivity contribution in [3.63, 3.8) is 0 Å². The van der Waals surface area contributed by atoms with Gasteiger partial charge in [0.05, 0.1) is 18.3 Å². The Morgan fingerprint density at radius 2 is 2.24 bits per heavy atom. The Hall–Kier alpha value is -2.37. The smallest absolute Gasteiger partial charge is 0.230 e. The second-order valence-corrected chi connectivity index (χ2v) is 3.52. The summed E-state index contributed by atoms with van der Waals surface area (Å²) < 4.78 is 13.3. The number of halogens is 1. The number of rotatable bonds is 3. The summed E-state index contributed by atoms with van der Waals surface area (Å²) in [5.41, 5.74) is 6.21. The molecule has 4 N–H and O–H groups in total. The van der Waals surface area contributed by atoms with Gasteiger partial charge in [0, 0.05) is 0 Å². The zero-order valence-corrected chi connectivity index (χ0v) is 8.90. The van der Waals surface area contributed by atoms with E-state index in [1.54, 1.807) is 18.2 Å². The van der Waals surface area contributed by atoms with Crippen LogP contribution in [0.2, 0.25) is 0 Å². The van der Waals surface area contributed by atoms with Crippen LogP contribution in [0.4, 0.5) is 15.9 Å². The van der Waals surface area contributed by atoms with Crippen molar-refractivity contribution >= 4 is 17.4 Å². The van der Waals surface area contributed by atoms with Crippen LogP contribution in [0, 0.1) is 5.82 Å². The molecule has 2 rings (SSSR count). The van der Waals surface area contributed by atoms with Gasteiger partial charge in [-0.1, -0.05) is 18.2 Å². The molecule has 5 nitrogen and oxygen atoms in total. The molecule has 2 aromatic rings. The molecule has 0 aliphatic heterocycles. The molecule has 0 fully saturated rings. The molecule has 1 aromatic carbocycles. The van der Waals surface area contributed by atoms with Crippen LogP contribution >= 0.6 is 0 Å². The molecular formula is C11H11FN4O. The zero-order valence-electron chi connectivity index (χ0n) is 8.90. The molecule has 1 aromatic heterocycles. The minimum absolute atomic E-state index is 0.0505. The van der Waals surface area contributed by atoms with Crippen LogP contribution in [0.25, 0.3) is 0 Å². The molecule has 0 saturated carbocycles. The number of benzene rings is 1. The summed E-state index contributed by atoms with van der Waals surface area (Å²) in [7, 11) is 0. The van der Waals surface area contributed by atoms with E-state index in [2.05, 4.69) is 15.5 Å². The molecule has 6 heteroatoms. The number of nitrogens with one attached hydrogen (secondary N) is 2. The zero-order chi connectivity index (χ0) is 12.3. The molecule has 0 aliphatic carbocycles. The highest BCUT2D eigenvalue weighted by atomic mass is 19.1. The average Bonchev–Trinajstić information content (AvgIpc) is 2.68. The van der Waals surface area contributed by atoms with Crippen molar-refractivity contribution in [2.75, 3.05) is 11.1 Å². The van der Waals surface area contributed by atoms with E-state index in [0.29, 0.717) is 17.1 Å². The highest BCUT2D eigenvalue weighted by Gasteiger charge is 2.10. The molecule has 0 radical (unpaired) electrons. The molecule has 0 bridgehead atoms. The first-order chi connectivity index (χ1) is 8.16. The first kappa shape index (κ1) is 11.1. The third-order valence-electron chi connectivity index (χ3n) is 2.24. The second-order valence-electron chi connectivity index (χ2n) is 3.52. The lowest BCUT2D eigenvalue weighted by molar-refractivity contribution is -0.115. The minimum Gasteiger partial charge on any atom is -0.394 e. The van der Waals surface area contributed by atoms with Crippen LogP contribution in [0.3, 0.4) is 0 Å². The van der Waals surface area contributed by atoms with E-state index in [0.717, 1.165) is 0 Å².